The first-order chi connectivity index (χ1) is 12.2. The predicted octanol–water partition coefficient (Wildman–Crippen LogP) is 2.57. The van der Waals surface area contributed by atoms with Crippen molar-refractivity contribution < 1.29 is 4.42 Å². The van der Waals surface area contributed by atoms with Gasteiger partial charge in [0.2, 0.25) is 0 Å². The highest BCUT2D eigenvalue weighted by molar-refractivity contribution is 5.82. The highest BCUT2D eigenvalue weighted by atomic mass is 16.3. The van der Waals surface area contributed by atoms with Crippen LogP contribution in [0.15, 0.2) is 29.2 Å². The monoisotopic (exact) mass is 340 g/mol. The number of aromatic amines is 1. The van der Waals surface area contributed by atoms with Crippen LogP contribution in [0.5, 0.6) is 0 Å². The number of aryl methyl sites for hydroxylation is 1. The van der Waals surface area contributed by atoms with Crippen LogP contribution >= 0.6 is 0 Å². The van der Waals surface area contributed by atoms with Crippen LogP contribution in [0.25, 0.3) is 11.2 Å². The van der Waals surface area contributed by atoms with Gasteiger partial charge in [-0.05, 0) is 32.0 Å². The lowest BCUT2D eigenvalue weighted by atomic mass is 10.0. The van der Waals surface area contributed by atoms with Crippen molar-refractivity contribution in [2.75, 3.05) is 37.6 Å². The summed E-state index contributed by atoms with van der Waals surface area (Å²) in [6.45, 7) is 9.37. The predicted molar refractivity (Wildman–Crippen MR) is 96.8 cm³/mol. The Morgan fingerprint density at radius 3 is 2.76 bits per heavy atom. The maximum absolute atomic E-state index is 5.74. The number of nitrogens with zero attached hydrogens (tertiary/aromatic N) is 5. The fourth-order valence-corrected chi connectivity index (χ4v) is 3.41. The molecule has 0 saturated carbocycles. The van der Waals surface area contributed by atoms with Crippen LogP contribution in [0.2, 0.25) is 0 Å². The Morgan fingerprint density at radius 2 is 2.00 bits per heavy atom. The smallest absolute Gasteiger partial charge is 0.182 e. The molecule has 0 radical (unpaired) electrons. The minimum absolute atomic E-state index is 0.457. The van der Waals surface area contributed by atoms with E-state index in [4.69, 9.17) is 4.42 Å². The van der Waals surface area contributed by atoms with E-state index in [1.165, 1.54) is 0 Å². The molecule has 0 aromatic carbocycles. The van der Waals surface area contributed by atoms with Crippen molar-refractivity contribution in [2.24, 2.45) is 0 Å². The summed E-state index contributed by atoms with van der Waals surface area (Å²) in [7, 11) is 0. The number of rotatable bonds is 5. The van der Waals surface area contributed by atoms with Gasteiger partial charge in [0, 0.05) is 32.1 Å². The molecule has 3 aromatic heterocycles. The normalized spacial score (nSPS) is 17.3. The zero-order valence-corrected chi connectivity index (χ0v) is 14.8. The van der Waals surface area contributed by atoms with Gasteiger partial charge in [-0.15, -0.1) is 0 Å². The molecule has 1 N–H and O–H groups in total. The quantitative estimate of drug-likeness (QED) is 0.769. The highest BCUT2D eigenvalue weighted by Crippen LogP contribution is 2.23. The zero-order chi connectivity index (χ0) is 17.2. The molecule has 0 bridgehead atoms. The molecular weight excluding hydrogens is 316 g/mol. The molecule has 1 saturated heterocycles. The Hall–Kier alpha value is -2.41. The molecule has 7 nitrogen and oxygen atoms in total. The summed E-state index contributed by atoms with van der Waals surface area (Å²) in [6, 6.07) is 4.14. The standard InChI is InChI=1S/C18H24N6O/c1-13(15-4-3-14(2)25-15)5-6-23-7-9-24(10-8-23)18-16-17(20-11-19-16)21-12-22-18/h3-4,11-13H,5-10H2,1-2H3,(H,19,20,21,22). The van der Waals surface area contributed by atoms with Gasteiger partial charge in [0.1, 0.15) is 23.4 Å². The third-order valence-electron chi connectivity index (χ3n) is 5.00. The maximum atomic E-state index is 5.74. The average Bonchev–Trinajstić information content (AvgIpc) is 3.28. The lowest BCUT2D eigenvalue weighted by Crippen LogP contribution is -2.47. The number of imidazole rings is 1. The highest BCUT2D eigenvalue weighted by Gasteiger charge is 2.21. The number of fused-ring (bicyclic) bond motifs is 1. The largest absolute Gasteiger partial charge is 0.466 e. The Labute approximate surface area is 147 Å². The van der Waals surface area contributed by atoms with E-state index in [0.29, 0.717) is 5.92 Å². The number of H-pyrrole nitrogens is 1. The van der Waals surface area contributed by atoms with E-state index >= 15 is 0 Å². The molecule has 1 unspecified atom stereocenters. The Morgan fingerprint density at radius 1 is 1.16 bits per heavy atom. The second kappa shape index (κ2) is 6.84. The van der Waals surface area contributed by atoms with Gasteiger partial charge in [-0.1, -0.05) is 6.92 Å². The summed E-state index contributed by atoms with van der Waals surface area (Å²) < 4.78 is 5.74. The van der Waals surface area contributed by atoms with Crippen LogP contribution in [0.1, 0.15) is 30.8 Å². The lowest BCUT2D eigenvalue weighted by Gasteiger charge is -2.35. The van der Waals surface area contributed by atoms with E-state index < -0.39 is 0 Å². The average molecular weight is 340 g/mol. The van der Waals surface area contributed by atoms with Gasteiger partial charge in [0.15, 0.2) is 11.5 Å². The first kappa shape index (κ1) is 16.1. The summed E-state index contributed by atoms with van der Waals surface area (Å²) in [4.78, 5) is 20.9. The molecule has 7 heteroatoms. The van der Waals surface area contributed by atoms with Crippen LogP contribution in [0, 0.1) is 6.92 Å². The van der Waals surface area contributed by atoms with Crippen LogP contribution < -0.4 is 4.90 Å². The first-order valence-electron chi connectivity index (χ1n) is 8.88. The summed E-state index contributed by atoms with van der Waals surface area (Å²) in [5.74, 6) is 3.50. The van der Waals surface area contributed by atoms with E-state index in [9.17, 15) is 0 Å². The number of nitrogens with one attached hydrogen (secondary N) is 1. The van der Waals surface area contributed by atoms with Crippen LogP contribution in [-0.4, -0.2) is 57.6 Å². The molecule has 0 amide bonds. The number of hydrogen-bond donors (Lipinski definition) is 1. The molecule has 1 fully saturated rings. The molecule has 4 rings (SSSR count). The molecule has 25 heavy (non-hydrogen) atoms. The third-order valence-corrected chi connectivity index (χ3v) is 5.00. The van der Waals surface area contributed by atoms with Crippen molar-refractivity contribution in [1.29, 1.82) is 0 Å². The number of anilines is 1. The summed E-state index contributed by atoms with van der Waals surface area (Å²) >= 11 is 0. The second-order valence-corrected chi connectivity index (χ2v) is 6.77. The first-order valence-corrected chi connectivity index (χ1v) is 8.88. The van der Waals surface area contributed by atoms with E-state index in [2.05, 4.69) is 42.7 Å². The molecule has 1 aliphatic heterocycles. The molecule has 4 heterocycles. The van der Waals surface area contributed by atoms with Gasteiger partial charge in [0.05, 0.1) is 6.33 Å². The SMILES string of the molecule is Cc1ccc(C(C)CCN2CCN(c3ncnc4nc[nH]c34)CC2)o1. The van der Waals surface area contributed by atoms with E-state index in [-0.39, 0.29) is 0 Å². The summed E-state index contributed by atoms with van der Waals surface area (Å²) in [5, 5.41) is 0. The van der Waals surface area contributed by atoms with E-state index in [1.807, 2.05) is 13.0 Å². The Bertz CT molecular complexity index is 833. The van der Waals surface area contributed by atoms with Gasteiger partial charge in [-0.25, -0.2) is 15.0 Å². The van der Waals surface area contributed by atoms with Crippen molar-refractivity contribution in [2.45, 2.75) is 26.2 Å². The van der Waals surface area contributed by atoms with Crippen molar-refractivity contribution in [3.8, 4) is 0 Å². The number of piperazine rings is 1. The molecule has 1 aliphatic rings. The number of furan rings is 1. The van der Waals surface area contributed by atoms with Crippen LogP contribution in [-0.2, 0) is 0 Å². The Balaban J connectivity index is 1.32. The van der Waals surface area contributed by atoms with Crippen molar-refractivity contribution in [1.82, 2.24) is 24.8 Å². The fraction of sp³-hybridized carbons (Fsp3) is 0.500. The number of hydrogen-bond acceptors (Lipinski definition) is 6. The third kappa shape index (κ3) is 3.37. The van der Waals surface area contributed by atoms with Crippen LogP contribution in [0.4, 0.5) is 5.82 Å². The molecular formula is C18H24N6O. The minimum Gasteiger partial charge on any atom is -0.466 e. The summed E-state index contributed by atoms with van der Waals surface area (Å²) in [5.41, 5.74) is 1.66. The maximum Gasteiger partial charge on any atom is 0.182 e. The lowest BCUT2D eigenvalue weighted by molar-refractivity contribution is 0.245. The van der Waals surface area contributed by atoms with Crippen molar-refractivity contribution in [3.05, 3.63) is 36.3 Å². The van der Waals surface area contributed by atoms with Gasteiger partial charge >= 0.3 is 0 Å². The minimum atomic E-state index is 0.457. The topological polar surface area (TPSA) is 74.1 Å². The van der Waals surface area contributed by atoms with E-state index in [1.54, 1.807) is 12.7 Å². The van der Waals surface area contributed by atoms with Gasteiger partial charge < -0.3 is 14.3 Å². The van der Waals surface area contributed by atoms with Crippen molar-refractivity contribution in [3.63, 3.8) is 0 Å². The van der Waals surface area contributed by atoms with Gasteiger partial charge in [-0.2, -0.15) is 0 Å². The molecule has 0 aliphatic carbocycles. The second-order valence-electron chi connectivity index (χ2n) is 6.77. The molecule has 132 valence electrons. The van der Waals surface area contributed by atoms with Crippen LogP contribution in [0.3, 0.4) is 0 Å². The molecule has 3 aromatic rings. The fourth-order valence-electron chi connectivity index (χ4n) is 3.41. The summed E-state index contributed by atoms with van der Waals surface area (Å²) in [6.07, 6.45) is 4.39. The van der Waals surface area contributed by atoms with Gasteiger partial charge in [-0.3, -0.25) is 4.90 Å². The van der Waals surface area contributed by atoms with E-state index in [0.717, 1.165) is 67.6 Å². The van der Waals surface area contributed by atoms with Gasteiger partial charge in [0.25, 0.3) is 0 Å². The Kier molecular flexibility index (Phi) is 4.40. The number of aromatic nitrogens is 4. The zero-order valence-electron chi connectivity index (χ0n) is 14.8. The molecule has 0 spiro atoms. The molecule has 1 atom stereocenters. The van der Waals surface area contributed by atoms with Crippen molar-refractivity contribution >= 4 is 17.0 Å².